The number of furan rings is 1. The van der Waals surface area contributed by atoms with E-state index in [4.69, 9.17) is 9.40 Å². The van der Waals surface area contributed by atoms with E-state index in [0.717, 1.165) is 41.9 Å². The summed E-state index contributed by atoms with van der Waals surface area (Å²) in [6.45, 7) is 0. The van der Waals surface area contributed by atoms with Crippen molar-refractivity contribution < 1.29 is 9.21 Å². The lowest BCUT2D eigenvalue weighted by atomic mass is 9.92. The highest BCUT2D eigenvalue weighted by Gasteiger charge is 2.24. The van der Waals surface area contributed by atoms with Gasteiger partial charge in [-0.25, -0.2) is 9.97 Å². The minimum atomic E-state index is -0.131. The fourth-order valence-electron chi connectivity index (χ4n) is 3.06. The maximum atomic E-state index is 12.3. The van der Waals surface area contributed by atoms with Crippen LogP contribution in [0.1, 0.15) is 40.5 Å². The third-order valence-corrected chi connectivity index (χ3v) is 4.30. The molecular formula is C19H17N3O2. The Morgan fingerprint density at radius 3 is 2.88 bits per heavy atom. The van der Waals surface area contributed by atoms with Crippen LogP contribution in [0, 0.1) is 0 Å². The third-order valence-electron chi connectivity index (χ3n) is 4.30. The van der Waals surface area contributed by atoms with Gasteiger partial charge in [0, 0.05) is 23.0 Å². The molecule has 3 aromatic rings. The van der Waals surface area contributed by atoms with E-state index in [0.29, 0.717) is 5.56 Å². The first-order chi connectivity index (χ1) is 11.8. The van der Waals surface area contributed by atoms with Gasteiger partial charge >= 0.3 is 0 Å². The number of nitrogens with zero attached hydrogens (tertiary/aromatic N) is 2. The summed E-state index contributed by atoms with van der Waals surface area (Å²) in [5.41, 5.74) is 3.57. The number of carbonyl (C=O) groups excluding carboxylic acids is 1. The Balaban J connectivity index is 1.60. The molecule has 1 N–H and O–H groups in total. The van der Waals surface area contributed by atoms with Crippen molar-refractivity contribution in [1.82, 2.24) is 15.3 Å². The van der Waals surface area contributed by atoms with Crippen LogP contribution in [-0.2, 0) is 6.42 Å². The van der Waals surface area contributed by atoms with Crippen LogP contribution in [0.2, 0.25) is 0 Å². The van der Waals surface area contributed by atoms with Crippen molar-refractivity contribution in [2.45, 2.75) is 25.3 Å². The van der Waals surface area contributed by atoms with Crippen LogP contribution in [0.15, 0.2) is 59.5 Å². The fourth-order valence-corrected chi connectivity index (χ4v) is 3.06. The summed E-state index contributed by atoms with van der Waals surface area (Å²) in [4.78, 5) is 21.5. The molecule has 0 unspecified atom stereocenters. The molecule has 1 aliphatic carbocycles. The van der Waals surface area contributed by atoms with E-state index < -0.39 is 0 Å². The highest BCUT2D eigenvalue weighted by molar-refractivity contribution is 5.94. The molecule has 24 heavy (non-hydrogen) atoms. The highest BCUT2D eigenvalue weighted by Crippen LogP contribution is 2.29. The summed E-state index contributed by atoms with van der Waals surface area (Å²) in [6, 6.07) is 11.5. The number of fused-ring (bicyclic) bond motifs is 1. The molecule has 4 rings (SSSR count). The number of aromatic nitrogens is 2. The molecule has 2 heterocycles. The molecule has 5 heteroatoms. The average molecular weight is 319 g/mol. The molecule has 0 fully saturated rings. The first-order valence-electron chi connectivity index (χ1n) is 8.05. The van der Waals surface area contributed by atoms with Crippen molar-refractivity contribution in [3.63, 3.8) is 0 Å². The van der Waals surface area contributed by atoms with Gasteiger partial charge in [-0.3, -0.25) is 4.79 Å². The van der Waals surface area contributed by atoms with Gasteiger partial charge < -0.3 is 9.73 Å². The van der Waals surface area contributed by atoms with Crippen LogP contribution in [0.5, 0.6) is 0 Å². The van der Waals surface area contributed by atoms with Gasteiger partial charge in [0.15, 0.2) is 5.82 Å². The Labute approximate surface area is 139 Å². The zero-order valence-electron chi connectivity index (χ0n) is 13.1. The largest absolute Gasteiger partial charge is 0.472 e. The van der Waals surface area contributed by atoms with E-state index >= 15 is 0 Å². The first-order valence-corrected chi connectivity index (χ1v) is 8.05. The van der Waals surface area contributed by atoms with Crippen LogP contribution in [0.25, 0.3) is 11.4 Å². The lowest BCUT2D eigenvalue weighted by Crippen LogP contribution is -2.31. The second-order valence-corrected chi connectivity index (χ2v) is 5.89. The van der Waals surface area contributed by atoms with Crippen molar-refractivity contribution >= 4 is 5.91 Å². The molecule has 0 aliphatic heterocycles. The Morgan fingerprint density at radius 2 is 2.08 bits per heavy atom. The molecule has 0 bridgehead atoms. The van der Waals surface area contributed by atoms with Gasteiger partial charge in [0.05, 0.1) is 17.9 Å². The maximum Gasteiger partial charge on any atom is 0.255 e. The van der Waals surface area contributed by atoms with Crippen molar-refractivity contribution in [2.24, 2.45) is 0 Å². The van der Waals surface area contributed by atoms with Crippen molar-refractivity contribution in [1.29, 1.82) is 0 Å². The van der Waals surface area contributed by atoms with E-state index in [1.807, 2.05) is 36.5 Å². The minimum Gasteiger partial charge on any atom is -0.472 e. The Morgan fingerprint density at radius 1 is 1.21 bits per heavy atom. The number of carbonyl (C=O) groups is 1. The highest BCUT2D eigenvalue weighted by atomic mass is 16.3. The van der Waals surface area contributed by atoms with E-state index in [9.17, 15) is 4.79 Å². The van der Waals surface area contributed by atoms with E-state index in [1.165, 1.54) is 12.5 Å². The van der Waals surface area contributed by atoms with E-state index in [1.54, 1.807) is 6.07 Å². The van der Waals surface area contributed by atoms with Crippen molar-refractivity contribution in [2.75, 3.05) is 0 Å². The van der Waals surface area contributed by atoms with E-state index in [-0.39, 0.29) is 11.9 Å². The lowest BCUT2D eigenvalue weighted by Gasteiger charge is -2.25. The first kappa shape index (κ1) is 14.6. The molecule has 0 saturated heterocycles. The average Bonchev–Trinajstić information content (AvgIpc) is 3.17. The lowest BCUT2D eigenvalue weighted by molar-refractivity contribution is 0.0932. The number of nitrogens with one attached hydrogen (secondary N) is 1. The number of hydrogen-bond acceptors (Lipinski definition) is 4. The third kappa shape index (κ3) is 2.80. The van der Waals surface area contributed by atoms with Crippen molar-refractivity contribution in [3.8, 4) is 11.4 Å². The quantitative estimate of drug-likeness (QED) is 0.801. The smallest absolute Gasteiger partial charge is 0.255 e. The van der Waals surface area contributed by atoms with Crippen LogP contribution < -0.4 is 5.32 Å². The van der Waals surface area contributed by atoms with Gasteiger partial charge in [-0.15, -0.1) is 0 Å². The normalized spacial score (nSPS) is 16.4. The molecule has 0 saturated carbocycles. The van der Waals surface area contributed by atoms with Crippen LogP contribution >= 0.6 is 0 Å². The molecule has 1 atom stereocenters. The molecular weight excluding hydrogens is 302 g/mol. The summed E-state index contributed by atoms with van der Waals surface area (Å²) in [7, 11) is 0. The van der Waals surface area contributed by atoms with Gasteiger partial charge in [0.25, 0.3) is 5.91 Å². The zero-order valence-corrected chi connectivity index (χ0v) is 13.1. The second kappa shape index (κ2) is 6.28. The van der Waals surface area contributed by atoms with Crippen LogP contribution in [-0.4, -0.2) is 15.9 Å². The number of amides is 1. The topological polar surface area (TPSA) is 68.0 Å². The fraction of sp³-hybridized carbons (Fsp3) is 0.211. The van der Waals surface area contributed by atoms with Crippen LogP contribution in [0.3, 0.4) is 0 Å². The SMILES string of the molecule is O=C(N[C@H]1CCCc2nc(-c3ccccc3)ncc21)c1ccoc1. The molecule has 0 spiro atoms. The minimum absolute atomic E-state index is 0.0547. The van der Waals surface area contributed by atoms with Gasteiger partial charge in [0.1, 0.15) is 6.26 Å². The Bertz CT molecular complexity index is 844. The Kier molecular flexibility index (Phi) is 3.83. The summed E-state index contributed by atoms with van der Waals surface area (Å²) >= 11 is 0. The van der Waals surface area contributed by atoms with Gasteiger partial charge in [-0.05, 0) is 25.3 Å². The molecule has 1 amide bonds. The zero-order chi connectivity index (χ0) is 16.4. The summed E-state index contributed by atoms with van der Waals surface area (Å²) in [6.07, 6.45) is 7.60. The molecule has 120 valence electrons. The molecule has 5 nitrogen and oxygen atoms in total. The molecule has 2 aromatic heterocycles. The monoisotopic (exact) mass is 319 g/mol. The van der Waals surface area contributed by atoms with Crippen LogP contribution in [0.4, 0.5) is 0 Å². The number of benzene rings is 1. The standard InChI is InChI=1S/C19H17N3O2/c23-19(14-9-10-24-12-14)22-17-8-4-7-16-15(17)11-20-18(21-16)13-5-2-1-3-6-13/h1-3,5-6,9-12,17H,4,7-8H2,(H,22,23)/t17-/m0/s1. The molecule has 0 radical (unpaired) electrons. The van der Waals surface area contributed by atoms with E-state index in [2.05, 4.69) is 10.3 Å². The molecule has 1 aliphatic rings. The predicted molar refractivity (Wildman–Crippen MR) is 89.3 cm³/mol. The second-order valence-electron chi connectivity index (χ2n) is 5.89. The Hall–Kier alpha value is -2.95. The van der Waals surface area contributed by atoms with Gasteiger partial charge in [-0.1, -0.05) is 30.3 Å². The van der Waals surface area contributed by atoms with Crippen molar-refractivity contribution in [3.05, 3.63) is 71.9 Å². The number of aryl methyl sites for hydroxylation is 1. The number of rotatable bonds is 3. The maximum absolute atomic E-state index is 12.3. The van der Waals surface area contributed by atoms with Gasteiger partial charge in [0.2, 0.25) is 0 Å². The summed E-state index contributed by atoms with van der Waals surface area (Å²) in [5.74, 6) is 0.602. The summed E-state index contributed by atoms with van der Waals surface area (Å²) in [5, 5.41) is 3.06. The number of hydrogen-bond donors (Lipinski definition) is 1. The van der Waals surface area contributed by atoms with Gasteiger partial charge in [-0.2, -0.15) is 0 Å². The molecule has 1 aromatic carbocycles. The summed E-state index contributed by atoms with van der Waals surface area (Å²) < 4.78 is 4.97. The predicted octanol–water partition coefficient (Wildman–Crippen LogP) is 3.54.